The van der Waals surface area contributed by atoms with Gasteiger partial charge in [-0.15, -0.1) is 0 Å². The zero-order valence-electron chi connectivity index (χ0n) is 18.8. The largest absolute Gasteiger partial charge is 0.383 e. The van der Waals surface area contributed by atoms with E-state index in [0.29, 0.717) is 23.4 Å². The van der Waals surface area contributed by atoms with Gasteiger partial charge in [0.1, 0.15) is 17.5 Å². The predicted molar refractivity (Wildman–Crippen MR) is 121 cm³/mol. The molecular weight excluding hydrogens is 433 g/mol. The number of H-pyrrole nitrogens is 1. The topological polar surface area (TPSA) is 70.2 Å². The summed E-state index contributed by atoms with van der Waals surface area (Å²) in [5.74, 6) is -2.52. The van der Waals surface area contributed by atoms with Crippen LogP contribution in [0.5, 0.6) is 0 Å². The minimum absolute atomic E-state index is 0.00430. The van der Waals surface area contributed by atoms with Crippen molar-refractivity contribution < 1.29 is 17.9 Å². The quantitative estimate of drug-likeness (QED) is 0.534. The van der Waals surface area contributed by atoms with Gasteiger partial charge in [-0.25, -0.2) is 18.3 Å². The standard InChI is InChI=1S/C24H27F3N4O2/c1-13(6-7-31(2)8-9-33-3)22-21(16-5-4-14(25)11-18(16)27)23-20-17(24(32)30-29-23)10-15(26)12-19(20)28-22/h4-5,10-13,21-22,28H,6-9H2,1-3H3,(H,30,32)/t13-,21-,22-/m1/s1. The number of aromatic amines is 1. The first-order chi connectivity index (χ1) is 15.8. The molecule has 2 heterocycles. The van der Waals surface area contributed by atoms with Crippen molar-refractivity contribution in [2.24, 2.45) is 5.92 Å². The summed E-state index contributed by atoms with van der Waals surface area (Å²) in [7, 11) is 3.65. The predicted octanol–water partition coefficient (Wildman–Crippen LogP) is 3.87. The average Bonchev–Trinajstić information content (AvgIpc) is 2.78. The lowest BCUT2D eigenvalue weighted by Crippen LogP contribution is -2.40. The normalized spacial score (nSPS) is 18.5. The van der Waals surface area contributed by atoms with Crippen molar-refractivity contribution in [2.45, 2.75) is 25.3 Å². The molecule has 0 saturated heterocycles. The molecule has 0 spiro atoms. The van der Waals surface area contributed by atoms with Crippen LogP contribution in [0.4, 0.5) is 18.9 Å². The Morgan fingerprint density at radius 1 is 1.15 bits per heavy atom. The molecule has 176 valence electrons. The molecule has 9 heteroatoms. The Bertz CT molecular complexity index is 1220. The number of anilines is 1. The van der Waals surface area contributed by atoms with Crippen molar-refractivity contribution in [3.63, 3.8) is 0 Å². The molecule has 0 unspecified atom stereocenters. The number of hydrogen-bond acceptors (Lipinski definition) is 5. The van der Waals surface area contributed by atoms with Gasteiger partial charge >= 0.3 is 0 Å². The molecular formula is C24H27F3N4O2. The van der Waals surface area contributed by atoms with Crippen molar-refractivity contribution in [2.75, 3.05) is 39.2 Å². The molecule has 0 fully saturated rings. The van der Waals surface area contributed by atoms with Crippen molar-refractivity contribution >= 4 is 16.5 Å². The molecule has 2 N–H and O–H groups in total. The highest BCUT2D eigenvalue weighted by Gasteiger charge is 2.38. The molecule has 33 heavy (non-hydrogen) atoms. The van der Waals surface area contributed by atoms with Crippen LogP contribution in [0.15, 0.2) is 35.1 Å². The molecule has 3 aromatic rings. The number of methoxy groups -OCH3 is 1. The highest BCUT2D eigenvalue weighted by Crippen LogP contribution is 2.43. The molecule has 1 aliphatic rings. The van der Waals surface area contributed by atoms with Crippen LogP contribution >= 0.6 is 0 Å². The van der Waals surface area contributed by atoms with E-state index in [2.05, 4.69) is 20.4 Å². The van der Waals surface area contributed by atoms with Crippen LogP contribution in [0.1, 0.15) is 30.5 Å². The van der Waals surface area contributed by atoms with Gasteiger partial charge in [0.05, 0.1) is 23.6 Å². The van der Waals surface area contributed by atoms with E-state index in [0.717, 1.165) is 31.6 Å². The van der Waals surface area contributed by atoms with Gasteiger partial charge < -0.3 is 15.0 Å². The summed E-state index contributed by atoms with van der Waals surface area (Å²) < 4.78 is 48.1. The summed E-state index contributed by atoms with van der Waals surface area (Å²) in [6, 6.07) is 5.58. The van der Waals surface area contributed by atoms with Crippen molar-refractivity contribution in [1.29, 1.82) is 0 Å². The number of rotatable bonds is 8. The zero-order chi connectivity index (χ0) is 23.7. The van der Waals surface area contributed by atoms with Crippen LogP contribution in [0.25, 0.3) is 10.8 Å². The molecule has 6 nitrogen and oxygen atoms in total. The Kier molecular flexibility index (Phi) is 6.71. The lowest BCUT2D eigenvalue weighted by Gasteiger charge is -2.38. The maximum absolute atomic E-state index is 15.0. The van der Waals surface area contributed by atoms with Crippen LogP contribution in [0, 0.1) is 23.4 Å². The Hall–Kier alpha value is -2.91. The summed E-state index contributed by atoms with van der Waals surface area (Å²) in [5.41, 5.74) is 0.626. The fraction of sp³-hybridized carbons (Fsp3) is 0.417. The van der Waals surface area contributed by atoms with Gasteiger partial charge in [0, 0.05) is 36.8 Å². The maximum atomic E-state index is 15.0. The van der Waals surface area contributed by atoms with E-state index >= 15 is 0 Å². The number of likely N-dealkylation sites (N-methyl/N-ethyl adjacent to an activating group) is 1. The minimum Gasteiger partial charge on any atom is -0.383 e. The van der Waals surface area contributed by atoms with Crippen molar-refractivity contribution in [1.82, 2.24) is 15.1 Å². The molecule has 0 aliphatic carbocycles. The van der Waals surface area contributed by atoms with Crippen molar-refractivity contribution in [3.8, 4) is 0 Å². The number of nitrogens with one attached hydrogen (secondary N) is 2. The first kappa shape index (κ1) is 23.3. The third kappa shape index (κ3) is 4.60. The Morgan fingerprint density at radius 2 is 1.94 bits per heavy atom. The van der Waals surface area contributed by atoms with E-state index in [1.165, 1.54) is 18.2 Å². The highest BCUT2D eigenvalue weighted by atomic mass is 19.1. The van der Waals surface area contributed by atoms with E-state index in [4.69, 9.17) is 4.74 Å². The summed E-state index contributed by atoms with van der Waals surface area (Å²) in [4.78, 5) is 14.5. The first-order valence-corrected chi connectivity index (χ1v) is 10.9. The monoisotopic (exact) mass is 460 g/mol. The molecule has 0 amide bonds. The Balaban J connectivity index is 1.79. The summed E-state index contributed by atoms with van der Waals surface area (Å²) in [6.07, 6.45) is 0.758. The number of benzene rings is 2. The lowest BCUT2D eigenvalue weighted by atomic mass is 9.77. The van der Waals surface area contributed by atoms with Crippen LogP contribution in [-0.2, 0) is 4.74 Å². The number of aromatic nitrogens is 2. The molecule has 1 aromatic heterocycles. The lowest BCUT2D eigenvalue weighted by molar-refractivity contribution is 0.157. The SMILES string of the molecule is COCCN(C)CC[C@@H](C)[C@H]1Nc2cc(F)cc3c(=O)[nH]nc(c23)[C@@H]1c1ccc(F)cc1F. The van der Waals surface area contributed by atoms with E-state index in [1.807, 2.05) is 14.0 Å². The summed E-state index contributed by atoms with van der Waals surface area (Å²) in [6.45, 7) is 4.19. The highest BCUT2D eigenvalue weighted by molar-refractivity contribution is 5.97. The number of ether oxygens (including phenoxy) is 1. The second kappa shape index (κ2) is 9.52. The van der Waals surface area contributed by atoms with Crippen molar-refractivity contribution in [3.05, 3.63) is 69.4 Å². The molecule has 2 aromatic carbocycles. The number of nitrogens with zero attached hydrogens (tertiary/aromatic N) is 2. The van der Waals surface area contributed by atoms with Crippen LogP contribution in [-0.4, -0.2) is 55.0 Å². The molecule has 4 rings (SSSR count). The van der Waals surface area contributed by atoms with E-state index in [1.54, 1.807) is 7.11 Å². The number of hydrogen-bond donors (Lipinski definition) is 2. The maximum Gasteiger partial charge on any atom is 0.272 e. The van der Waals surface area contributed by atoms with E-state index < -0.39 is 28.9 Å². The van der Waals surface area contributed by atoms with Gasteiger partial charge in [0.25, 0.3) is 5.56 Å². The Morgan fingerprint density at radius 3 is 2.67 bits per heavy atom. The average molecular weight is 461 g/mol. The third-order valence-electron chi connectivity index (χ3n) is 6.41. The Labute approximate surface area is 189 Å². The van der Waals surface area contributed by atoms with E-state index in [9.17, 15) is 18.0 Å². The van der Waals surface area contributed by atoms with Crippen LogP contribution in [0.3, 0.4) is 0 Å². The van der Waals surface area contributed by atoms with E-state index in [-0.39, 0.29) is 22.9 Å². The summed E-state index contributed by atoms with van der Waals surface area (Å²) >= 11 is 0. The molecule has 0 saturated carbocycles. The zero-order valence-corrected chi connectivity index (χ0v) is 18.8. The van der Waals surface area contributed by atoms with Gasteiger partial charge in [-0.3, -0.25) is 4.79 Å². The second-order valence-electron chi connectivity index (χ2n) is 8.69. The van der Waals surface area contributed by atoms with Gasteiger partial charge in [0.15, 0.2) is 0 Å². The fourth-order valence-electron chi connectivity index (χ4n) is 4.59. The van der Waals surface area contributed by atoms with Crippen LogP contribution < -0.4 is 10.9 Å². The fourth-order valence-corrected chi connectivity index (χ4v) is 4.59. The van der Waals surface area contributed by atoms with Gasteiger partial charge in [-0.1, -0.05) is 13.0 Å². The molecule has 0 bridgehead atoms. The number of halogens is 3. The summed E-state index contributed by atoms with van der Waals surface area (Å²) in [5, 5.41) is 10.6. The smallest absolute Gasteiger partial charge is 0.272 e. The first-order valence-electron chi connectivity index (χ1n) is 10.9. The van der Waals surface area contributed by atoms with Crippen LogP contribution in [0.2, 0.25) is 0 Å². The molecule has 0 radical (unpaired) electrons. The van der Waals surface area contributed by atoms with Gasteiger partial charge in [-0.2, -0.15) is 5.10 Å². The van der Waals surface area contributed by atoms with Gasteiger partial charge in [-0.05, 0) is 49.7 Å². The second-order valence-corrected chi connectivity index (χ2v) is 8.69. The molecule has 1 aliphatic heterocycles. The minimum atomic E-state index is -0.692. The van der Waals surface area contributed by atoms with Gasteiger partial charge in [0.2, 0.25) is 0 Å². The third-order valence-corrected chi connectivity index (χ3v) is 6.41. The molecule has 3 atom stereocenters.